The van der Waals surface area contributed by atoms with Crippen molar-refractivity contribution in [2.24, 2.45) is 0 Å². The lowest BCUT2D eigenvalue weighted by molar-refractivity contribution is 0.226. The van der Waals surface area contributed by atoms with E-state index in [2.05, 4.69) is 39.2 Å². The van der Waals surface area contributed by atoms with Crippen molar-refractivity contribution in [1.29, 1.82) is 0 Å². The molecular formula is C13H16N6O. The lowest BCUT2D eigenvalue weighted by Crippen LogP contribution is -2.25. The highest BCUT2D eigenvalue weighted by atomic mass is 16.5. The van der Waals surface area contributed by atoms with Gasteiger partial charge in [-0.2, -0.15) is 9.67 Å². The van der Waals surface area contributed by atoms with Gasteiger partial charge in [0.05, 0.1) is 12.1 Å². The molecular weight excluding hydrogens is 256 g/mol. The quantitative estimate of drug-likeness (QED) is 0.719. The van der Waals surface area contributed by atoms with Crippen LogP contribution in [0.5, 0.6) is 0 Å². The molecule has 3 aromatic rings. The number of fused-ring (bicyclic) bond motifs is 1. The Kier molecular flexibility index (Phi) is 3.19. The van der Waals surface area contributed by atoms with Gasteiger partial charge >= 0.3 is 0 Å². The van der Waals surface area contributed by atoms with Crippen molar-refractivity contribution in [2.45, 2.75) is 26.4 Å². The fourth-order valence-corrected chi connectivity index (χ4v) is 1.81. The zero-order valence-corrected chi connectivity index (χ0v) is 11.7. The zero-order valence-electron chi connectivity index (χ0n) is 11.7. The summed E-state index contributed by atoms with van der Waals surface area (Å²) < 4.78 is 6.85. The lowest BCUT2D eigenvalue weighted by atomic mass is 10.3. The van der Waals surface area contributed by atoms with Crippen molar-refractivity contribution in [3.63, 3.8) is 0 Å². The second-order valence-electron chi connectivity index (χ2n) is 4.99. The van der Waals surface area contributed by atoms with Crippen LogP contribution in [0.2, 0.25) is 0 Å². The van der Waals surface area contributed by atoms with Gasteiger partial charge in [-0.3, -0.25) is 4.90 Å². The first-order valence-electron chi connectivity index (χ1n) is 6.49. The Hall–Kier alpha value is -2.28. The minimum Gasteiger partial charge on any atom is -0.336 e. The third kappa shape index (κ3) is 2.27. The molecule has 104 valence electrons. The van der Waals surface area contributed by atoms with E-state index >= 15 is 0 Å². The molecule has 0 radical (unpaired) electrons. The van der Waals surface area contributed by atoms with Crippen LogP contribution >= 0.6 is 0 Å². The van der Waals surface area contributed by atoms with Crippen molar-refractivity contribution >= 4 is 11.0 Å². The van der Waals surface area contributed by atoms with Crippen LogP contribution in [-0.2, 0) is 6.54 Å². The number of para-hydroxylation sites is 1. The second kappa shape index (κ2) is 5.01. The van der Waals surface area contributed by atoms with Crippen LogP contribution in [0.3, 0.4) is 0 Å². The molecule has 0 N–H and O–H groups in total. The summed E-state index contributed by atoms with van der Waals surface area (Å²) in [5, 5.41) is 12.1. The highest BCUT2D eigenvalue weighted by molar-refractivity contribution is 5.75. The Bertz CT molecular complexity index is 716. The molecule has 0 fully saturated rings. The lowest BCUT2D eigenvalue weighted by Gasteiger charge is -2.17. The fraction of sp³-hybridized carbons (Fsp3) is 0.385. The van der Waals surface area contributed by atoms with Gasteiger partial charge in [0, 0.05) is 6.04 Å². The van der Waals surface area contributed by atoms with E-state index in [0.717, 1.165) is 11.0 Å². The first-order valence-corrected chi connectivity index (χ1v) is 6.49. The summed E-state index contributed by atoms with van der Waals surface area (Å²) in [7, 11) is 2.01. The maximum absolute atomic E-state index is 5.27. The molecule has 7 nitrogen and oxygen atoms in total. The van der Waals surface area contributed by atoms with Gasteiger partial charge in [0.15, 0.2) is 0 Å². The van der Waals surface area contributed by atoms with Gasteiger partial charge in [0.25, 0.3) is 5.95 Å². The molecule has 0 aliphatic heterocycles. The summed E-state index contributed by atoms with van der Waals surface area (Å²) in [5.74, 6) is 0.974. The minimum atomic E-state index is 0.408. The summed E-state index contributed by atoms with van der Waals surface area (Å²) >= 11 is 0. The van der Waals surface area contributed by atoms with Gasteiger partial charge in [-0.15, -0.1) is 5.10 Å². The van der Waals surface area contributed by atoms with Crippen LogP contribution in [0.1, 0.15) is 19.7 Å². The van der Waals surface area contributed by atoms with Gasteiger partial charge < -0.3 is 4.52 Å². The molecule has 0 saturated heterocycles. The minimum absolute atomic E-state index is 0.408. The number of rotatable bonds is 4. The van der Waals surface area contributed by atoms with E-state index in [1.54, 1.807) is 4.68 Å². The Morgan fingerprint density at radius 3 is 2.90 bits per heavy atom. The van der Waals surface area contributed by atoms with Crippen molar-refractivity contribution in [3.8, 4) is 5.95 Å². The molecule has 3 rings (SSSR count). The van der Waals surface area contributed by atoms with Gasteiger partial charge in [0.1, 0.15) is 5.52 Å². The van der Waals surface area contributed by atoms with Crippen LogP contribution in [-0.4, -0.2) is 43.1 Å². The van der Waals surface area contributed by atoms with Crippen LogP contribution < -0.4 is 0 Å². The Morgan fingerprint density at radius 2 is 2.10 bits per heavy atom. The average Bonchev–Trinajstić information content (AvgIpc) is 3.04. The Balaban J connectivity index is 1.90. The van der Waals surface area contributed by atoms with Gasteiger partial charge in [0.2, 0.25) is 5.89 Å². The molecule has 2 aromatic heterocycles. The normalized spacial score (nSPS) is 11.8. The van der Waals surface area contributed by atoms with E-state index in [4.69, 9.17) is 4.52 Å². The molecule has 0 bridgehead atoms. The number of aromatic nitrogens is 5. The van der Waals surface area contributed by atoms with Crippen LogP contribution in [0, 0.1) is 0 Å². The van der Waals surface area contributed by atoms with E-state index in [1.807, 2.05) is 31.3 Å². The molecule has 20 heavy (non-hydrogen) atoms. The molecule has 1 aromatic carbocycles. The van der Waals surface area contributed by atoms with Gasteiger partial charge in [-0.25, -0.2) is 0 Å². The van der Waals surface area contributed by atoms with E-state index < -0.39 is 0 Å². The van der Waals surface area contributed by atoms with Gasteiger partial charge in [-0.1, -0.05) is 17.3 Å². The highest BCUT2D eigenvalue weighted by Crippen LogP contribution is 2.14. The topological polar surface area (TPSA) is 72.9 Å². The summed E-state index contributed by atoms with van der Waals surface area (Å²) in [6.45, 7) is 4.84. The van der Waals surface area contributed by atoms with E-state index in [1.165, 1.54) is 0 Å². The predicted octanol–water partition coefficient (Wildman–Crippen LogP) is 1.64. The molecule has 0 spiro atoms. The third-order valence-corrected chi connectivity index (χ3v) is 3.26. The summed E-state index contributed by atoms with van der Waals surface area (Å²) in [6, 6.07) is 8.08. The largest absolute Gasteiger partial charge is 0.336 e. The molecule has 7 heteroatoms. The van der Waals surface area contributed by atoms with Crippen LogP contribution in [0.4, 0.5) is 0 Å². The Labute approximate surface area is 116 Å². The summed E-state index contributed by atoms with van der Waals surface area (Å²) in [4.78, 5) is 6.49. The third-order valence-electron chi connectivity index (χ3n) is 3.26. The number of hydrogen-bond acceptors (Lipinski definition) is 6. The van der Waals surface area contributed by atoms with Crippen LogP contribution in [0.25, 0.3) is 17.0 Å². The smallest absolute Gasteiger partial charge is 0.292 e. The molecule has 0 atom stereocenters. The van der Waals surface area contributed by atoms with E-state index in [9.17, 15) is 0 Å². The Morgan fingerprint density at radius 1 is 1.30 bits per heavy atom. The maximum Gasteiger partial charge on any atom is 0.292 e. The molecule has 0 aliphatic rings. The highest BCUT2D eigenvalue weighted by Gasteiger charge is 2.14. The maximum atomic E-state index is 5.27. The number of nitrogens with zero attached hydrogens (tertiary/aromatic N) is 6. The first kappa shape index (κ1) is 12.7. The number of benzene rings is 1. The number of hydrogen-bond donors (Lipinski definition) is 0. The fourth-order valence-electron chi connectivity index (χ4n) is 1.81. The summed E-state index contributed by atoms with van der Waals surface area (Å²) in [5.41, 5.74) is 1.66. The average molecular weight is 272 g/mol. The monoisotopic (exact) mass is 272 g/mol. The zero-order chi connectivity index (χ0) is 14.1. The molecule has 0 aliphatic carbocycles. The summed E-state index contributed by atoms with van der Waals surface area (Å²) in [6.07, 6.45) is 0. The van der Waals surface area contributed by atoms with E-state index in [0.29, 0.717) is 24.4 Å². The van der Waals surface area contributed by atoms with Crippen molar-refractivity contribution in [3.05, 3.63) is 30.2 Å². The first-order chi connectivity index (χ1) is 9.65. The standard InChI is InChI=1S/C13H16N6O/c1-9(2)18(3)8-12-14-13(16-20-12)19-11-7-5-4-6-10(11)15-17-19/h4-7,9H,8H2,1-3H3. The predicted molar refractivity (Wildman–Crippen MR) is 73.3 cm³/mol. The van der Waals surface area contributed by atoms with Crippen molar-refractivity contribution in [1.82, 2.24) is 30.0 Å². The molecule has 0 saturated carbocycles. The van der Waals surface area contributed by atoms with Crippen molar-refractivity contribution < 1.29 is 4.52 Å². The van der Waals surface area contributed by atoms with E-state index in [-0.39, 0.29) is 0 Å². The van der Waals surface area contributed by atoms with Gasteiger partial charge in [-0.05, 0) is 38.2 Å². The molecule has 2 heterocycles. The second-order valence-corrected chi connectivity index (χ2v) is 4.99. The SMILES string of the molecule is CC(C)N(C)Cc1nc(-n2nnc3ccccc32)no1. The molecule has 0 unspecified atom stereocenters. The van der Waals surface area contributed by atoms with Crippen LogP contribution in [0.15, 0.2) is 28.8 Å². The molecule has 0 amide bonds. The van der Waals surface area contributed by atoms with Crippen molar-refractivity contribution in [2.75, 3.05) is 7.05 Å².